The van der Waals surface area contributed by atoms with Gasteiger partial charge >= 0.3 is 0 Å². The van der Waals surface area contributed by atoms with Crippen molar-refractivity contribution in [3.8, 4) is 0 Å². The largest absolute Gasteiger partial charge is 0.390 e. The summed E-state index contributed by atoms with van der Waals surface area (Å²) in [5.74, 6) is 0.146. The van der Waals surface area contributed by atoms with Crippen LogP contribution in [0.5, 0.6) is 0 Å². The second-order valence-corrected chi connectivity index (χ2v) is 6.86. The third-order valence-electron chi connectivity index (χ3n) is 4.26. The molecule has 1 N–H and O–H groups in total. The Morgan fingerprint density at radius 1 is 1.38 bits per heavy atom. The normalized spacial score (nSPS) is 19.6. The summed E-state index contributed by atoms with van der Waals surface area (Å²) in [4.78, 5) is 14.6. The van der Waals surface area contributed by atoms with E-state index in [9.17, 15) is 9.90 Å². The van der Waals surface area contributed by atoms with Crippen LogP contribution in [-0.2, 0) is 6.42 Å². The minimum Gasteiger partial charge on any atom is -0.390 e. The maximum absolute atomic E-state index is 12.6. The molecule has 0 aromatic heterocycles. The molecule has 0 radical (unpaired) electrons. The number of aryl methyl sites for hydroxylation is 1. The molecule has 1 saturated heterocycles. The van der Waals surface area contributed by atoms with E-state index in [-0.39, 0.29) is 5.91 Å². The first-order chi connectivity index (χ1) is 9.87. The lowest BCUT2D eigenvalue weighted by Crippen LogP contribution is -2.42. The molecular weight excluding hydrogens is 262 g/mol. The summed E-state index contributed by atoms with van der Waals surface area (Å²) < 4.78 is 0. The van der Waals surface area contributed by atoms with Gasteiger partial charge in [0, 0.05) is 18.2 Å². The number of carbonyl (C=O) groups is 1. The number of likely N-dealkylation sites (tertiary alicyclic amines) is 1. The smallest absolute Gasteiger partial charge is 0.254 e. The predicted molar refractivity (Wildman–Crippen MR) is 85.4 cm³/mol. The van der Waals surface area contributed by atoms with Gasteiger partial charge in [0.25, 0.3) is 5.91 Å². The van der Waals surface area contributed by atoms with Gasteiger partial charge in [-0.2, -0.15) is 0 Å². The van der Waals surface area contributed by atoms with Gasteiger partial charge in [0.1, 0.15) is 0 Å². The molecule has 1 heterocycles. The summed E-state index contributed by atoms with van der Waals surface area (Å²) in [5, 5.41) is 9.82. The molecule has 1 amide bonds. The fourth-order valence-corrected chi connectivity index (χ4v) is 2.88. The average Bonchev–Trinajstić information content (AvgIpc) is 2.44. The molecule has 0 saturated carbocycles. The quantitative estimate of drug-likeness (QED) is 0.923. The van der Waals surface area contributed by atoms with Crippen molar-refractivity contribution in [2.24, 2.45) is 0 Å². The van der Waals surface area contributed by atoms with E-state index in [2.05, 4.69) is 6.92 Å². The molecule has 1 atom stereocenters. The number of hydrogen-bond donors (Lipinski definition) is 1. The molecule has 2 rings (SSSR count). The van der Waals surface area contributed by atoms with Gasteiger partial charge in [0.2, 0.25) is 0 Å². The van der Waals surface area contributed by atoms with Gasteiger partial charge in [0.15, 0.2) is 0 Å². The highest BCUT2D eigenvalue weighted by molar-refractivity contribution is 5.94. The third kappa shape index (κ3) is 4.57. The number of piperidine rings is 1. The van der Waals surface area contributed by atoms with Crippen LogP contribution in [0.3, 0.4) is 0 Å². The topological polar surface area (TPSA) is 40.5 Å². The van der Waals surface area contributed by atoms with E-state index < -0.39 is 5.60 Å². The molecule has 116 valence electrons. The van der Waals surface area contributed by atoms with Crippen molar-refractivity contribution >= 4 is 5.91 Å². The first kappa shape index (κ1) is 16.0. The molecule has 1 aromatic carbocycles. The van der Waals surface area contributed by atoms with Crippen molar-refractivity contribution in [3.63, 3.8) is 0 Å². The zero-order chi connectivity index (χ0) is 15.5. The molecular formula is C18H27NO2. The van der Waals surface area contributed by atoms with Crippen LogP contribution in [0, 0.1) is 0 Å². The lowest BCUT2D eigenvalue weighted by molar-refractivity contribution is 0.0635. The summed E-state index contributed by atoms with van der Waals surface area (Å²) >= 11 is 0. The lowest BCUT2D eigenvalue weighted by Gasteiger charge is -2.33. The van der Waals surface area contributed by atoms with Crippen LogP contribution in [0.15, 0.2) is 24.3 Å². The maximum atomic E-state index is 12.6. The highest BCUT2D eigenvalue weighted by Crippen LogP contribution is 2.20. The first-order valence-electron chi connectivity index (χ1n) is 7.99. The molecule has 3 heteroatoms. The minimum atomic E-state index is -0.665. The molecule has 3 nitrogen and oxygen atoms in total. The van der Waals surface area contributed by atoms with Crippen molar-refractivity contribution in [1.29, 1.82) is 0 Å². The van der Waals surface area contributed by atoms with Crippen molar-refractivity contribution in [2.75, 3.05) is 6.54 Å². The number of carbonyl (C=O) groups excluding carboxylic acids is 1. The van der Waals surface area contributed by atoms with Gasteiger partial charge in [-0.05, 0) is 70.6 Å². The van der Waals surface area contributed by atoms with Gasteiger partial charge in [-0.3, -0.25) is 4.79 Å². The predicted octanol–water partition coefficient (Wildman–Crippen LogP) is 3.40. The highest BCUT2D eigenvalue weighted by atomic mass is 16.3. The van der Waals surface area contributed by atoms with Crippen LogP contribution in [0.2, 0.25) is 0 Å². The highest BCUT2D eigenvalue weighted by Gasteiger charge is 2.24. The summed E-state index contributed by atoms with van der Waals surface area (Å²) in [5.41, 5.74) is 1.23. The van der Waals surface area contributed by atoms with E-state index in [0.717, 1.165) is 36.9 Å². The van der Waals surface area contributed by atoms with Crippen LogP contribution in [0.25, 0.3) is 0 Å². The van der Waals surface area contributed by atoms with E-state index >= 15 is 0 Å². The average molecular weight is 289 g/mol. The van der Waals surface area contributed by atoms with Crippen LogP contribution in [0.4, 0.5) is 0 Å². The van der Waals surface area contributed by atoms with Crippen LogP contribution in [0.1, 0.15) is 62.4 Å². The monoisotopic (exact) mass is 289 g/mol. The fourth-order valence-electron chi connectivity index (χ4n) is 2.88. The molecule has 0 aliphatic carbocycles. The number of nitrogens with zero attached hydrogens (tertiary/aromatic N) is 1. The molecule has 0 spiro atoms. The first-order valence-corrected chi connectivity index (χ1v) is 7.99. The SMILES string of the molecule is C[C@@H]1CCCCN1C(=O)c1cccc(CCC(C)(C)O)c1. The lowest BCUT2D eigenvalue weighted by atomic mass is 9.97. The van der Waals surface area contributed by atoms with E-state index in [1.807, 2.05) is 43.0 Å². The maximum Gasteiger partial charge on any atom is 0.254 e. The minimum absolute atomic E-state index is 0.146. The zero-order valence-corrected chi connectivity index (χ0v) is 13.4. The van der Waals surface area contributed by atoms with Crippen molar-refractivity contribution < 1.29 is 9.90 Å². The Morgan fingerprint density at radius 2 is 2.14 bits per heavy atom. The number of hydrogen-bond acceptors (Lipinski definition) is 2. The summed E-state index contributed by atoms with van der Waals surface area (Å²) in [6.45, 7) is 6.64. The summed E-state index contributed by atoms with van der Waals surface area (Å²) in [6.07, 6.45) is 4.92. The van der Waals surface area contributed by atoms with Crippen LogP contribution >= 0.6 is 0 Å². The second kappa shape index (κ2) is 6.61. The number of aliphatic hydroxyl groups is 1. The number of amides is 1. The molecule has 1 aromatic rings. The number of benzene rings is 1. The Hall–Kier alpha value is -1.35. The molecule has 1 fully saturated rings. The van der Waals surface area contributed by atoms with Gasteiger partial charge in [-0.25, -0.2) is 0 Å². The van der Waals surface area contributed by atoms with Gasteiger partial charge in [-0.15, -0.1) is 0 Å². The second-order valence-electron chi connectivity index (χ2n) is 6.86. The molecule has 0 bridgehead atoms. The molecule has 21 heavy (non-hydrogen) atoms. The van der Waals surface area contributed by atoms with Gasteiger partial charge in [-0.1, -0.05) is 12.1 Å². The standard InChI is InChI=1S/C18H27NO2/c1-14-7-4-5-12-19(14)17(20)16-9-6-8-15(13-16)10-11-18(2,3)21/h6,8-9,13-14,21H,4-5,7,10-12H2,1-3H3/t14-/m1/s1. The Morgan fingerprint density at radius 3 is 2.81 bits per heavy atom. The van der Waals surface area contributed by atoms with E-state index in [1.54, 1.807) is 0 Å². The van der Waals surface area contributed by atoms with Crippen molar-refractivity contribution in [3.05, 3.63) is 35.4 Å². The summed E-state index contributed by atoms with van der Waals surface area (Å²) in [7, 11) is 0. The molecule has 1 aliphatic rings. The Bertz CT molecular complexity index is 490. The van der Waals surface area contributed by atoms with E-state index in [0.29, 0.717) is 12.5 Å². The van der Waals surface area contributed by atoms with E-state index in [1.165, 1.54) is 6.42 Å². The molecule has 0 unspecified atom stereocenters. The zero-order valence-electron chi connectivity index (χ0n) is 13.4. The fraction of sp³-hybridized carbons (Fsp3) is 0.611. The van der Waals surface area contributed by atoms with Crippen LogP contribution < -0.4 is 0 Å². The van der Waals surface area contributed by atoms with Crippen LogP contribution in [-0.4, -0.2) is 34.1 Å². The Kier molecular flexibility index (Phi) is 5.04. The molecule has 1 aliphatic heterocycles. The van der Waals surface area contributed by atoms with Gasteiger partial charge < -0.3 is 10.0 Å². The van der Waals surface area contributed by atoms with Gasteiger partial charge in [0.05, 0.1) is 5.60 Å². The summed E-state index contributed by atoms with van der Waals surface area (Å²) in [6, 6.07) is 8.20. The Balaban J connectivity index is 2.07. The third-order valence-corrected chi connectivity index (χ3v) is 4.26. The van der Waals surface area contributed by atoms with E-state index in [4.69, 9.17) is 0 Å². The number of rotatable bonds is 4. The van der Waals surface area contributed by atoms with Crippen molar-refractivity contribution in [2.45, 2.75) is 64.5 Å². The Labute approximate surface area is 128 Å². The van der Waals surface area contributed by atoms with Crippen molar-refractivity contribution in [1.82, 2.24) is 4.90 Å².